The molecular formula is C18H30N4O2. The summed E-state index contributed by atoms with van der Waals surface area (Å²) in [5.74, 6) is 1.66. The number of carbonyl (C=O) groups is 1. The van der Waals surface area contributed by atoms with E-state index < -0.39 is 5.60 Å². The molecule has 1 heterocycles. The van der Waals surface area contributed by atoms with E-state index >= 15 is 0 Å². The highest BCUT2D eigenvalue weighted by Crippen LogP contribution is 2.22. The van der Waals surface area contributed by atoms with Crippen LogP contribution < -0.4 is 10.6 Å². The lowest BCUT2D eigenvalue weighted by atomic mass is 10.1. The van der Waals surface area contributed by atoms with E-state index in [-0.39, 0.29) is 12.1 Å². The molecule has 2 atom stereocenters. The molecule has 1 aliphatic carbocycles. The highest BCUT2D eigenvalue weighted by atomic mass is 16.6. The van der Waals surface area contributed by atoms with E-state index in [1.54, 1.807) is 0 Å². The molecule has 0 aliphatic heterocycles. The second-order valence-corrected chi connectivity index (χ2v) is 7.65. The van der Waals surface area contributed by atoms with Gasteiger partial charge in [-0.15, -0.1) is 0 Å². The molecule has 6 heteroatoms. The summed E-state index contributed by atoms with van der Waals surface area (Å²) in [6.07, 6.45) is 6.71. The highest BCUT2D eigenvalue weighted by molar-refractivity contribution is 5.68. The molecule has 1 aliphatic rings. The standard InChI is InChI=1S/C18H30N4O2/c1-12-11-19-13(2)20-16(12)21-14-8-6-7-9-15(10-14)22-17(23)24-18(3,4)5/h11,14-15H,6-10H2,1-5H3,(H,22,23)(H,19,20,21)/t14-,15+/m1/s1. The number of carbonyl (C=O) groups excluding carboxylic acids is 1. The smallest absolute Gasteiger partial charge is 0.407 e. The maximum atomic E-state index is 12.0. The lowest BCUT2D eigenvalue weighted by Crippen LogP contribution is -2.41. The third-order valence-corrected chi connectivity index (χ3v) is 4.08. The Bertz CT molecular complexity index is 569. The summed E-state index contributed by atoms with van der Waals surface area (Å²) in [5.41, 5.74) is 0.573. The van der Waals surface area contributed by atoms with Gasteiger partial charge in [-0.25, -0.2) is 14.8 Å². The first kappa shape index (κ1) is 18.5. The third-order valence-electron chi connectivity index (χ3n) is 4.08. The van der Waals surface area contributed by atoms with E-state index in [1.165, 1.54) is 0 Å². The summed E-state index contributed by atoms with van der Waals surface area (Å²) >= 11 is 0. The number of rotatable bonds is 3. The van der Waals surface area contributed by atoms with E-state index in [0.29, 0.717) is 6.04 Å². The van der Waals surface area contributed by atoms with Gasteiger partial charge in [0.15, 0.2) is 0 Å². The first-order valence-electron chi connectivity index (χ1n) is 8.79. The van der Waals surface area contributed by atoms with Crippen LogP contribution in [0.2, 0.25) is 0 Å². The molecular weight excluding hydrogens is 304 g/mol. The fraction of sp³-hybridized carbons (Fsp3) is 0.722. The fourth-order valence-electron chi connectivity index (χ4n) is 2.97. The van der Waals surface area contributed by atoms with Gasteiger partial charge in [0.05, 0.1) is 0 Å². The van der Waals surface area contributed by atoms with Gasteiger partial charge in [0.25, 0.3) is 0 Å². The Hall–Kier alpha value is -1.85. The van der Waals surface area contributed by atoms with Crippen LogP contribution in [0.5, 0.6) is 0 Å². The van der Waals surface area contributed by atoms with E-state index in [4.69, 9.17) is 4.74 Å². The molecule has 1 aromatic heterocycles. The summed E-state index contributed by atoms with van der Waals surface area (Å²) in [6, 6.07) is 0.420. The van der Waals surface area contributed by atoms with Crippen LogP contribution in [0.15, 0.2) is 6.20 Å². The van der Waals surface area contributed by atoms with E-state index in [1.807, 2.05) is 40.8 Å². The minimum Gasteiger partial charge on any atom is -0.444 e. The zero-order valence-corrected chi connectivity index (χ0v) is 15.5. The van der Waals surface area contributed by atoms with Crippen molar-refractivity contribution < 1.29 is 9.53 Å². The summed E-state index contributed by atoms with van der Waals surface area (Å²) in [4.78, 5) is 20.7. The molecule has 0 aromatic carbocycles. The number of ether oxygens (including phenoxy) is 1. The lowest BCUT2D eigenvalue weighted by Gasteiger charge is -2.25. The van der Waals surface area contributed by atoms with Gasteiger partial charge < -0.3 is 15.4 Å². The fourth-order valence-corrected chi connectivity index (χ4v) is 2.97. The number of hydrogen-bond donors (Lipinski definition) is 2. The second-order valence-electron chi connectivity index (χ2n) is 7.65. The van der Waals surface area contributed by atoms with Crippen LogP contribution in [-0.4, -0.2) is 33.7 Å². The number of anilines is 1. The van der Waals surface area contributed by atoms with Crippen molar-refractivity contribution in [2.24, 2.45) is 0 Å². The van der Waals surface area contributed by atoms with E-state index in [2.05, 4.69) is 20.6 Å². The van der Waals surface area contributed by atoms with Crippen molar-refractivity contribution in [1.82, 2.24) is 15.3 Å². The maximum Gasteiger partial charge on any atom is 0.407 e. The Morgan fingerprint density at radius 2 is 1.88 bits per heavy atom. The molecule has 134 valence electrons. The minimum atomic E-state index is -0.470. The van der Waals surface area contributed by atoms with Gasteiger partial charge in [0.2, 0.25) is 0 Å². The molecule has 0 radical (unpaired) electrons. The molecule has 1 saturated carbocycles. The van der Waals surface area contributed by atoms with Crippen molar-refractivity contribution in [2.45, 2.75) is 84.4 Å². The van der Waals surface area contributed by atoms with Gasteiger partial charge in [0, 0.05) is 23.8 Å². The molecule has 24 heavy (non-hydrogen) atoms. The quantitative estimate of drug-likeness (QED) is 0.824. The monoisotopic (exact) mass is 334 g/mol. The van der Waals surface area contributed by atoms with Crippen molar-refractivity contribution in [3.63, 3.8) is 0 Å². The van der Waals surface area contributed by atoms with Gasteiger partial charge in [-0.2, -0.15) is 0 Å². The van der Waals surface area contributed by atoms with Gasteiger partial charge in [0.1, 0.15) is 17.2 Å². The van der Waals surface area contributed by atoms with Crippen LogP contribution in [0.25, 0.3) is 0 Å². The molecule has 6 nitrogen and oxygen atoms in total. The number of aryl methyl sites for hydroxylation is 2. The van der Waals surface area contributed by atoms with Crippen molar-refractivity contribution in [1.29, 1.82) is 0 Å². The van der Waals surface area contributed by atoms with Crippen molar-refractivity contribution in [2.75, 3.05) is 5.32 Å². The number of hydrogen-bond acceptors (Lipinski definition) is 5. The summed E-state index contributed by atoms with van der Waals surface area (Å²) in [5, 5.41) is 6.56. The van der Waals surface area contributed by atoms with Crippen molar-refractivity contribution in [3.8, 4) is 0 Å². The first-order chi connectivity index (χ1) is 11.2. The SMILES string of the molecule is Cc1ncc(C)c(N[C@@H]2CCCC[C@H](NC(=O)OC(C)(C)C)C2)n1. The van der Waals surface area contributed by atoms with E-state index in [0.717, 1.165) is 49.3 Å². The maximum absolute atomic E-state index is 12.0. The number of alkyl carbamates (subject to hydrolysis) is 1. The minimum absolute atomic E-state index is 0.128. The molecule has 1 amide bonds. The Kier molecular flexibility index (Phi) is 6.02. The average molecular weight is 334 g/mol. The topological polar surface area (TPSA) is 76.1 Å². The number of nitrogens with zero attached hydrogens (tertiary/aromatic N) is 2. The zero-order valence-electron chi connectivity index (χ0n) is 15.5. The van der Waals surface area contributed by atoms with Crippen molar-refractivity contribution in [3.05, 3.63) is 17.6 Å². The summed E-state index contributed by atoms with van der Waals surface area (Å²) < 4.78 is 5.38. The largest absolute Gasteiger partial charge is 0.444 e. The number of aromatic nitrogens is 2. The lowest BCUT2D eigenvalue weighted by molar-refractivity contribution is 0.0499. The Labute approximate surface area is 144 Å². The molecule has 0 unspecified atom stereocenters. The van der Waals surface area contributed by atoms with Gasteiger partial charge in [-0.05, 0) is 53.9 Å². The van der Waals surface area contributed by atoms with Crippen LogP contribution >= 0.6 is 0 Å². The van der Waals surface area contributed by atoms with Crippen LogP contribution in [-0.2, 0) is 4.74 Å². The van der Waals surface area contributed by atoms with Crippen molar-refractivity contribution >= 4 is 11.9 Å². The zero-order chi connectivity index (χ0) is 17.7. The molecule has 2 rings (SSSR count). The first-order valence-corrected chi connectivity index (χ1v) is 8.79. The normalized spacial score (nSPS) is 21.7. The predicted molar refractivity (Wildman–Crippen MR) is 95.2 cm³/mol. The number of amides is 1. The van der Waals surface area contributed by atoms with Crippen LogP contribution in [0.3, 0.4) is 0 Å². The molecule has 0 bridgehead atoms. The molecule has 0 spiro atoms. The average Bonchev–Trinajstić information content (AvgIpc) is 2.66. The van der Waals surface area contributed by atoms with Crippen LogP contribution in [0, 0.1) is 13.8 Å². The Balaban J connectivity index is 1.96. The van der Waals surface area contributed by atoms with Crippen LogP contribution in [0.4, 0.5) is 10.6 Å². The predicted octanol–water partition coefficient (Wildman–Crippen LogP) is 3.73. The molecule has 2 N–H and O–H groups in total. The van der Waals surface area contributed by atoms with E-state index in [9.17, 15) is 4.79 Å². The molecule has 1 fully saturated rings. The second kappa shape index (κ2) is 7.81. The summed E-state index contributed by atoms with van der Waals surface area (Å²) in [6.45, 7) is 9.54. The van der Waals surface area contributed by atoms with Gasteiger partial charge in [-0.3, -0.25) is 0 Å². The highest BCUT2D eigenvalue weighted by Gasteiger charge is 2.24. The molecule has 1 aromatic rings. The van der Waals surface area contributed by atoms with Gasteiger partial charge >= 0.3 is 6.09 Å². The third kappa shape index (κ3) is 5.98. The molecule has 0 saturated heterocycles. The summed E-state index contributed by atoms with van der Waals surface area (Å²) in [7, 11) is 0. The number of nitrogens with one attached hydrogen (secondary N) is 2. The Morgan fingerprint density at radius 3 is 2.54 bits per heavy atom. The van der Waals surface area contributed by atoms with Crippen LogP contribution in [0.1, 0.15) is 64.3 Å². The van der Waals surface area contributed by atoms with Gasteiger partial charge in [-0.1, -0.05) is 12.8 Å². The Morgan fingerprint density at radius 1 is 1.21 bits per heavy atom.